The Kier molecular flexibility index (Phi) is 6.31. The Bertz CT molecular complexity index is 506. The minimum Gasteiger partial charge on any atom is -0.370 e. The first kappa shape index (κ1) is 16.3. The first-order valence-corrected chi connectivity index (χ1v) is 6.72. The fourth-order valence-electron chi connectivity index (χ4n) is 2.32. The predicted molar refractivity (Wildman–Crippen MR) is 87.7 cm³/mol. The normalized spacial score (nSPS) is 13.9. The summed E-state index contributed by atoms with van der Waals surface area (Å²) in [6.07, 6.45) is 4.88. The summed E-state index contributed by atoms with van der Waals surface area (Å²) < 4.78 is 0. The number of hydrogen-bond donors (Lipinski definition) is 3. The summed E-state index contributed by atoms with van der Waals surface area (Å²) in [6, 6.07) is 6.40. The molecular formula is C14H22ClN5. The standard InChI is InChI=1S/C14H21N5.ClH/c1-2-17-14(19-13(15)16)18-12-8-7-10-5-3-4-6-11(10)9-12;/h7-9H,2-6H2,1H3,(H5,15,16,17,18,19);1H. The van der Waals surface area contributed by atoms with Gasteiger partial charge in [0.15, 0.2) is 5.96 Å². The van der Waals surface area contributed by atoms with E-state index in [2.05, 4.69) is 33.5 Å². The zero-order valence-corrected chi connectivity index (χ0v) is 12.5. The number of benzene rings is 1. The second-order valence-corrected chi connectivity index (χ2v) is 4.65. The van der Waals surface area contributed by atoms with Gasteiger partial charge in [0.05, 0.1) is 0 Å². The zero-order valence-electron chi connectivity index (χ0n) is 11.7. The smallest absolute Gasteiger partial charge is 0.225 e. The van der Waals surface area contributed by atoms with Crippen molar-refractivity contribution in [3.8, 4) is 0 Å². The molecule has 0 radical (unpaired) electrons. The lowest BCUT2D eigenvalue weighted by Crippen LogP contribution is -2.26. The van der Waals surface area contributed by atoms with E-state index in [1.165, 1.54) is 30.4 Å². The summed E-state index contributed by atoms with van der Waals surface area (Å²) >= 11 is 0. The molecule has 20 heavy (non-hydrogen) atoms. The van der Waals surface area contributed by atoms with E-state index in [1.807, 2.05) is 6.92 Å². The summed E-state index contributed by atoms with van der Waals surface area (Å²) in [5.74, 6) is 0.468. The van der Waals surface area contributed by atoms with Gasteiger partial charge in [0.25, 0.3) is 0 Å². The molecule has 1 aliphatic carbocycles. The Hall–Kier alpha value is -1.75. The van der Waals surface area contributed by atoms with E-state index in [4.69, 9.17) is 11.5 Å². The van der Waals surface area contributed by atoms with Crippen molar-refractivity contribution in [3.63, 3.8) is 0 Å². The fourth-order valence-corrected chi connectivity index (χ4v) is 2.32. The van der Waals surface area contributed by atoms with Crippen molar-refractivity contribution in [2.75, 3.05) is 11.9 Å². The predicted octanol–water partition coefficient (Wildman–Crippen LogP) is 2.05. The minimum atomic E-state index is 0. The summed E-state index contributed by atoms with van der Waals surface area (Å²) in [4.78, 5) is 8.21. The quantitative estimate of drug-likeness (QED) is 0.576. The molecule has 2 rings (SSSR count). The summed E-state index contributed by atoms with van der Waals surface area (Å²) in [5.41, 5.74) is 14.6. The van der Waals surface area contributed by atoms with Crippen molar-refractivity contribution >= 4 is 30.0 Å². The van der Waals surface area contributed by atoms with Crippen LogP contribution < -0.4 is 16.8 Å². The van der Waals surface area contributed by atoms with Gasteiger partial charge in [-0.25, -0.2) is 0 Å². The molecule has 0 saturated carbocycles. The molecular weight excluding hydrogens is 274 g/mol. The SMILES string of the molecule is CCN=C(N=C(N)N)Nc1ccc2c(c1)CCCC2.Cl. The van der Waals surface area contributed by atoms with Crippen molar-refractivity contribution in [2.45, 2.75) is 32.6 Å². The van der Waals surface area contributed by atoms with Gasteiger partial charge < -0.3 is 16.8 Å². The van der Waals surface area contributed by atoms with E-state index in [0.717, 1.165) is 12.1 Å². The number of nitrogens with two attached hydrogens (primary N) is 2. The van der Waals surface area contributed by atoms with Crippen molar-refractivity contribution < 1.29 is 0 Å². The highest BCUT2D eigenvalue weighted by atomic mass is 35.5. The molecule has 0 unspecified atom stereocenters. The number of fused-ring (bicyclic) bond motifs is 1. The van der Waals surface area contributed by atoms with Gasteiger partial charge >= 0.3 is 0 Å². The molecule has 1 aliphatic rings. The zero-order chi connectivity index (χ0) is 13.7. The highest BCUT2D eigenvalue weighted by Gasteiger charge is 2.10. The van der Waals surface area contributed by atoms with Crippen LogP contribution in [0.25, 0.3) is 0 Å². The lowest BCUT2D eigenvalue weighted by molar-refractivity contribution is 0.686. The molecule has 1 aromatic rings. The Morgan fingerprint density at radius 1 is 1.20 bits per heavy atom. The third-order valence-electron chi connectivity index (χ3n) is 3.15. The molecule has 5 N–H and O–H groups in total. The monoisotopic (exact) mass is 295 g/mol. The Labute approximate surface area is 126 Å². The van der Waals surface area contributed by atoms with Crippen LogP contribution >= 0.6 is 12.4 Å². The maximum Gasteiger partial charge on any atom is 0.225 e. The van der Waals surface area contributed by atoms with Crippen molar-refractivity contribution in [3.05, 3.63) is 29.3 Å². The lowest BCUT2D eigenvalue weighted by atomic mass is 9.91. The van der Waals surface area contributed by atoms with Crippen LogP contribution in [-0.4, -0.2) is 18.5 Å². The number of halogens is 1. The van der Waals surface area contributed by atoms with E-state index in [1.54, 1.807) is 0 Å². The van der Waals surface area contributed by atoms with E-state index < -0.39 is 0 Å². The number of nitrogens with zero attached hydrogens (tertiary/aromatic N) is 2. The van der Waals surface area contributed by atoms with Gasteiger partial charge in [-0.1, -0.05) is 6.07 Å². The van der Waals surface area contributed by atoms with Crippen LogP contribution in [0.1, 0.15) is 30.9 Å². The highest BCUT2D eigenvalue weighted by molar-refractivity contribution is 6.01. The first-order chi connectivity index (χ1) is 9.19. The molecule has 0 saturated heterocycles. The number of guanidine groups is 2. The maximum atomic E-state index is 5.40. The molecule has 0 atom stereocenters. The van der Waals surface area contributed by atoms with Gasteiger partial charge in [0, 0.05) is 12.2 Å². The fraction of sp³-hybridized carbons (Fsp3) is 0.429. The number of rotatable bonds is 2. The van der Waals surface area contributed by atoms with E-state index in [0.29, 0.717) is 12.5 Å². The van der Waals surface area contributed by atoms with E-state index >= 15 is 0 Å². The molecule has 6 heteroatoms. The molecule has 0 amide bonds. The van der Waals surface area contributed by atoms with Gasteiger partial charge in [0.1, 0.15) is 0 Å². The van der Waals surface area contributed by atoms with Crippen LogP contribution in [0, 0.1) is 0 Å². The molecule has 0 spiro atoms. The number of aryl methyl sites for hydroxylation is 2. The van der Waals surface area contributed by atoms with Gasteiger partial charge in [-0.3, -0.25) is 4.99 Å². The number of aliphatic imine (C=N–C) groups is 2. The first-order valence-electron chi connectivity index (χ1n) is 6.72. The van der Waals surface area contributed by atoms with Crippen LogP contribution in [0.4, 0.5) is 5.69 Å². The lowest BCUT2D eigenvalue weighted by Gasteiger charge is -2.17. The van der Waals surface area contributed by atoms with Crippen molar-refractivity contribution in [2.24, 2.45) is 21.5 Å². The van der Waals surface area contributed by atoms with Crippen LogP contribution in [0.3, 0.4) is 0 Å². The van der Waals surface area contributed by atoms with Crippen LogP contribution in [0.5, 0.6) is 0 Å². The van der Waals surface area contributed by atoms with E-state index in [-0.39, 0.29) is 18.4 Å². The molecule has 0 fully saturated rings. The molecule has 0 aromatic heterocycles. The van der Waals surface area contributed by atoms with Crippen molar-refractivity contribution in [1.82, 2.24) is 0 Å². The number of anilines is 1. The molecule has 0 bridgehead atoms. The van der Waals surface area contributed by atoms with Gasteiger partial charge in [-0.2, -0.15) is 4.99 Å². The second-order valence-electron chi connectivity index (χ2n) is 4.65. The largest absolute Gasteiger partial charge is 0.370 e. The molecule has 5 nitrogen and oxygen atoms in total. The molecule has 0 heterocycles. The average molecular weight is 296 g/mol. The van der Waals surface area contributed by atoms with Gasteiger partial charge in [0.2, 0.25) is 5.96 Å². The van der Waals surface area contributed by atoms with Crippen molar-refractivity contribution in [1.29, 1.82) is 0 Å². The minimum absolute atomic E-state index is 0. The van der Waals surface area contributed by atoms with Crippen LogP contribution in [-0.2, 0) is 12.8 Å². The highest BCUT2D eigenvalue weighted by Crippen LogP contribution is 2.24. The van der Waals surface area contributed by atoms with Crippen LogP contribution in [0.15, 0.2) is 28.2 Å². The van der Waals surface area contributed by atoms with E-state index in [9.17, 15) is 0 Å². The summed E-state index contributed by atoms with van der Waals surface area (Å²) in [6.45, 7) is 2.57. The number of hydrogen-bond acceptors (Lipinski definition) is 1. The third kappa shape index (κ3) is 4.42. The molecule has 0 aliphatic heterocycles. The maximum absolute atomic E-state index is 5.40. The Morgan fingerprint density at radius 2 is 1.90 bits per heavy atom. The van der Waals surface area contributed by atoms with Crippen LogP contribution in [0.2, 0.25) is 0 Å². The molecule has 1 aromatic carbocycles. The molecule has 110 valence electrons. The van der Waals surface area contributed by atoms with Gasteiger partial charge in [-0.15, -0.1) is 12.4 Å². The Balaban J connectivity index is 0.00000200. The summed E-state index contributed by atoms with van der Waals surface area (Å²) in [5, 5.41) is 3.16. The average Bonchev–Trinajstić information content (AvgIpc) is 2.38. The summed E-state index contributed by atoms with van der Waals surface area (Å²) in [7, 11) is 0. The number of nitrogens with one attached hydrogen (secondary N) is 1. The Morgan fingerprint density at radius 3 is 2.55 bits per heavy atom. The third-order valence-corrected chi connectivity index (χ3v) is 3.15. The second kappa shape index (κ2) is 7.75. The van der Waals surface area contributed by atoms with Gasteiger partial charge in [-0.05, 0) is 55.9 Å². The topological polar surface area (TPSA) is 88.8 Å².